The Morgan fingerprint density at radius 3 is 2.83 bits per heavy atom. The fourth-order valence-electron chi connectivity index (χ4n) is 2.75. The average Bonchev–Trinajstić information content (AvgIpc) is 2.52. The van der Waals surface area contributed by atoms with E-state index in [9.17, 15) is 9.90 Å². The number of rotatable bonds is 5. The van der Waals surface area contributed by atoms with Gasteiger partial charge in [-0.2, -0.15) is 0 Å². The van der Waals surface area contributed by atoms with E-state index in [0.717, 1.165) is 19.4 Å². The summed E-state index contributed by atoms with van der Waals surface area (Å²) in [6.45, 7) is 5.07. The molecule has 0 bridgehead atoms. The number of ether oxygens (including phenoxy) is 1. The van der Waals surface area contributed by atoms with Gasteiger partial charge in [0.15, 0.2) is 5.16 Å². The highest BCUT2D eigenvalue weighted by molar-refractivity contribution is 7.98. The highest BCUT2D eigenvalue weighted by Gasteiger charge is 2.33. The van der Waals surface area contributed by atoms with E-state index in [-0.39, 0.29) is 13.2 Å². The van der Waals surface area contributed by atoms with Gasteiger partial charge in [-0.15, -0.1) is 0 Å². The normalized spacial score (nSPS) is 21.3. The van der Waals surface area contributed by atoms with Crippen molar-refractivity contribution in [3.63, 3.8) is 0 Å². The predicted octanol–water partition coefficient (Wildman–Crippen LogP) is 1.19. The second-order valence-electron chi connectivity index (χ2n) is 5.80. The third-order valence-corrected chi connectivity index (χ3v) is 4.32. The fraction of sp³-hybridized carbons (Fsp3) is 0.667. The molecule has 8 heteroatoms. The minimum Gasteiger partial charge on any atom is -0.462 e. The molecule has 1 aromatic heterocycles. The zero-order chi connectivity index (χ0) is 17.0. The van der Waals surface area contributed by atoms with Crippen LogP contribution in [0.25, 0.3) is 0 Å². The second-order valence-corrected chi connectivity index (χ2v) is 6.58. The van der Waals surface area contributed by atoms with Crippen molar-refractivity contribution in [2.24, 2.45) is 5.73 Å². The highest BCUT2D eigenvalue weighted by Crippen LogP contribution is 2.30. The molecule has 0 aromatic carbocycles. The third kappa shape index (κ3) is 4.13. The molecule has 1 aromatic rings. The van der Waals surface area contributed by atoms with Crippen LogP contribution in [0.3, 0.4) is 0 Å². The minimum absolute atomic E-state index is 0.126. The average molecular weight is 340 g/mol. The SMILES string of the molecule is CCOC(=O)c1c(CN)nc(SC)nc1N1CCCC(C)(O)C1. The van der Waals surface area contributed by atoms with Gasteiger partial charge in [-0.1, -0.05) is 11.8 Å². The number of carbonyl (C=O) groups is 1. The van der Waals surface area contributed by atoms with Crippen LogP contribution in [0.5, 0.6) is 0 Å². The van der Waals surface area contributed by atoms with E-state index in [1.54, 1.807) is 13.8 Å². The zero-order valence-corrected chi connectivity index (χ0v) is 14.7. The van der Waals surface area contributed by atoms with Gasteiger partial charge in [-0.3, -0.25) is 0 Å². The number of hydrogen-bond acceptors (Lipinski definition) is 8. The Hall–Kier alpha value is -1.38. The lowest BCUT2D eigenvalue weighted by atomic mass is 9.95. The van der Waals surface area contributed by atoms with Gasteiger partial charge < -0.3 is 20.5 Å². The Bertz CT molecular complexity index is 580. The molecule has 0 amide bonds. The Morgan fingerprint density at radius 2 is 2.26 bits per heavy atom. The number of carbonyl (C=O) groups excluding carboxylic acids is 1. The van der Waals surface area contributed by atoms with Gasteiger partial charge >= 0.3 is 5.97 Å². The van der Waals surface area contributed by atoms with E-state index in [2.05, 4.69) is 9.97 Å². The first-order valence-electron chi connectivity index (χ1n) is 7.71. The molecule has 1 saturated heterocycles. The van der Waals surface area contributed by atoms with Crippen LogP contribution in [0.2, 0.25) is 0 Å². The van der Waals surface area contributed by atoms with Gasteiger partial charge in [0, 0.05) is 19.6 Å². The first-order chi connectivity index (χ1) is 10.9. The van der Waals surface area contributed by atoms with Crippen molar-refractivity contribution in [1.82, 2.24) is 9.97 Å². The molecule has 2 heterocycles. The Labute approximate surface area is 140 Å². The molecule has 23 heavy (non-hydrogen) atoms. The van der Waals surface area contributed by atoms with Crippen LogP contribution < -0.4 is 10.6 Å². The molecule has 1 fully saturated rings. The van der Waals surface area contributed by atoms with Crippen molar-refractivity contribution in [3.8, 4) is 0 Å². The van der Waals surface area contributed by atoms with Gasteiger partial charge in [0.2, 0.25) is 0 Å². The van der Waals surface area contributed by atoms with Crippen molar-refractivity contribution >= 4 is 23.5 Å². The highest BCUT2D eigenvalue weighted by atomic mass is 32.2. The van der Waals surface area contributed by atoms with Crippen molar-refractivity contribution in [3.05, 3.63) is 11.3 Å². The third-order valence-electron chi connectivity index (χ3n) is 3.77. The summed E-state index contributed by atoms with van der Waals surface area (Å²) >= 11 is 1.39. The lowest BCUT2D eigenvalue weighted by Crippen LogP contribution is -2.47. The largest absolute Gasteiger partial charge is 0.462 e. The quantitative estimate of drug-likeness (QED) is 0.468. The maximum Gasteiger partial charge on any atom is 0.343 e. The number of anilines is 1. The van der Waals surface area contributed by atoms with Gasteiger partial charge in [-0.25, -0.2) is 14.8 Å². The molecule has 0 aliphatic carbocycles. The van der Waals surface area contributed by atoms with Crippen LogP contribution in [0.15, 0.2) is 5.16 Å². The van der Waals surface area contributed by atoms with E-state index in [1.807, 2.05) is 11.2 Å². The molecular formula is C15H24N4O3S. The summed E-state index contributed by atoms with van der Waals surface area (Å²) in [6, 6.07) is 0. The van der Waals surface area contributed by atoms with Crippen molar-refractivity contribution in [2.45, 2.75) is 44.0 Å². The number of piperidine rings is 1. The van der Waals surface area contributed by atoms with E-state index < -0.39 is 11.6 Å². The predicted molar refractivity (Wildman–Crippen MR) is 89.7 cm³/mol. The first kappa shape index (κ1) is 18.0. The number of hydrogen-bond donors (Lipinski definition) is 2. The van der Waals surface area contributed by atoms with Gasteiger partial charge in [0.25, 0.3) is 0 Å². The number of β-amino-alcohol motifs (C(OH)–C–C–N with tert-alkyl or cyclic N) is 1. The van der Waals surface area contributed by atoms with Crippen LogP contribution in [0.1, 0.15) is 42.7 Å². The van der Waals surface area contributed by atoms with E-state index >= 15 is 0 Å². The van der Waals surface area contributed by atoms with Crippen molar-refractivity contribution < 1.29 is 14.6 Å². The summed E-state index contributed by atoms with van der Waals surface area (Å²) in [5, 5.41) is 10.9. The van der Waals surface area contributed by atoms with Crippen LogP contribution in [0, 0.1) is 0 Å². The maximum atomic E-state index is 12.4. The van der Waals surface area contributed by atoms with E-state index in [0.29, 0.717) is 28.8 Å². The molecule has 0 saturated carbocycles. The molecule has 0 spiro atoms. The monoisotopic (exact) mass is 340 g/mol. The summed E-state index contributed by atoms with van der Waals surface area (Å²) in [6.07, 6.45) is 3.42. The molecule has 7 nitrogen and oxygen atoms in total. The van der Waals surface area contributed by atoms with E-state index in [1.165, 1.54) is 11.8 Å². The summed E-state index contributed by atoms with van der Waals surface area (Å²) in [4.78, 5) is 23.2. The lowest BCUT2D eigenvalue weighted by Gasteiger charge is -2.38. The maximum absolute atomic E-state index is 12.4. The Balaban J connectivity index is 2.52. The molecule has 3 N–H and O–H groups in total. The molecule has 1 unspecified atom stereocenters. The van der Waals surface area contributed by atoms with E-state index in [4.69, 9.17) is 10.5 Å². The zero-order valence-electron chi connectivity index (χ0n) is 13.8. The van der Waals surface area contributed by atoms with Crippen molar-refractivity contribution in [2.75, 3.05) is 30.9 Å². The summed E-state index contributed by atoms with van der Waals surface area (Å²) in [7, 11) is 0. The topological polar surface area (TPSA) is 102 Å². The first-order valence-corrected chi connectivity index (χ1v) is 8.93. The standard InChI is InChI=1S/C15H24N4O3S/c1-4-22-13(20)11-10(8-16)17-14(23-3)18-12(11)19-7-5-6-15(2,21)9-19/h21H,4-9,16H2,1-3H3. The summed E-state index contributed by atoms with van der Waals surface area (Å²) in [5.74, 6) is 0.0315. The number of aliphatic hydroxyl groups is 1. The molecule has 0 radical (unpaired) electrons. The minimum atomic E-state index is -0.808. The molecule has 2 rings (SSSR count). The van der Waals surface area contributed by atoms with Gasteiger partial charge in [0.05, 0.1) is 17.9 Å². The molecule has 1 aliphatic heterocycles. The van der Waals surface area contributed by atoms with Crippen molar-refractivity contribution in [1.29, 1.82) is 0 Å². The number of esters is 1. The Kier molecular flexibility index (Phi) is 5.83. The number of nitrogens with zero attached hydrogens (tertiary/aromatic N) is 3. The van der Waals surface area contributed by atoms with Crippen LogP contribution in [-0.2, 0) is 11.3 Å². The Morgan fingerprint density at radius 1 is 1.52 bits per heavy atom. The van der Waals surface area contributed by atoms with Crippen LogP contribution in [0.4, 0.5) is 5.82 Å². The number of nitrogens with two attached hydrogens (primary N) is 1. The summed E-state index contributed by atoms with van der Waals surface area (Å²) < 4.78 is 5.16. The van der Waals surface area contributed by atoms with Gasteiger partial charge in [-0.05, 0) is 32.9 Å². The molecule has 128 valence electrons. The van der Waals surface area contributed by atoms with Crippen LogP contribution in [-0.4, -0.2) is 52.6 Å². The van der Waals surface area contributed by atoms with Crippen LogP contribution >= 0.6 is 11.8 Å². The second kappa shape index (κ2) is 7.46. The number of thioether (sulfide) groups is 1. The summed E-state index contributed by atoms with van der Waals surface area (Å²) in [5.41, 5.74) is 5.76. The fourth-order valence-corrected chi connectivity index (χ4v) is 3.13. The molecule has 1 aliphatic rings. The molecular weight excluding hydrogens is 316 g/mol. The van der Waals surface area contributed by atoms with Gasteiger partial charge in [0.1, 0.15) is 11.4 Å². The number of aromatic nitrogens is 2. The lowest BCUT2D eigenvalue weighted by molar-refractivity contribution is 0.0436. The molecule has 1 atom stereocenters. The smallest absolute Gasteiger partial charge is 0.343 e.